The molecule has 62 valence electrons. The summed E-state index contributed by atoms with van der Waals surface area (Å²) < 4.78 is 2.55. The van der Waals surface area contributed by atoms with E-state index in [4.69, 9.17) is 11.6 Å². The number of aryl methyl sites for hydroxylation is 1. The van der Waals surface area contributed by atoms with Crippen molar-refractivity contribution >= 4 is 38.6 Å². The van der Waals surface area contributed by atoms with Crippen molar-refractivity contribution in [1.82, 2.24) is 14.8 Å². The van der Waals surface area contributed by atoms with Crippen molar-refractivity contribution in [1.29, 1.82) is 0 Å². The number of hydrogen-bond acceptors (Lipinski definition) is 2. The van der Waals surface area contributed by atoms with E-state index in [1.807, 2.05) is 7.05 Å². The molecule has 0 radical (unpaired) electrons. The van der Waals surface area contributed by atoms with E-state index in [-0.39, 0.29) is 0 Å². The van der Waals surface area contributed by atoms with Crippen molar-refractivity contribution in [2.24, 2.45) is 7.05 Å². The quantitative estimate of drug-likeness (QED) is 0.714. The van der Waals surface area contributed by atoms with Crippen LogP contribution in [0.3, 0.4) is 0 Å². The number of rotatable bonds is 0. The highest BCUT2D eigenvalue weighted by atomic mass is 79.9. The van der Waals surface area contributed by atoms with Gasteiger partial charge >= 0.3 is 0 Å². The van der Waals surface area contributed by atoms with Gasteiger partial charge in [-0.2, -0.15) is 5.10 Å². The molecule has 0 amide bonds. The lowest BCUT2D eigenvalue weighted by Crippen LogP contribution is -1.91. The molecular formula is C7H5BrClN3. The summed E-state index contributed by atoms with van der Waals surface area (Å²) in [5, 5.41) is 5.61. The first kappa shape index (κ1) is 8.01. The van der Waals surface area contributed by atoms with Crippen LogP contribution in [-0.4, -0.2) is 14.8 Å². The van der Waals surface area contributed by atoms with E-state index in [1.165, 1.54) is 0 Å². The van der Waals surface area contributed by atoms with E-state index in [1.54, 1.807) is 17.1 Å². The molecule has 0 unspecified atom stereocenters. The van der Waals surface area contributed by atoms with E-state index >= 15 is 0 Å². The Balaban J connectivity index is 2.93. The number of aromatic nitrogens is 3. The largest absolute Gasteiger partial charge is 0.250 e. The summed E-state index contributed by atoms with van der Waals surface area (Å²) in [6.45, 7) is 0. The summed E-state index contributed by atoms with van der Waals surface area (Å²) in [5.74, 6) is 0. The molecule has 0 spiro atoms. The van der Waals surface area contributed by atoms with E-state index < -0.39 is 0 Å². The summed E-state index contributed by atoms with van der Waals surface area (Å²) >= 11 is 9.22. The van der Waals surface area contributed by atoms with E-state index in [0.717, 1.165) is 15.5 Å². The molecule has 0 saturated carbocycles. The minimum absolute atomic E-state index is 0.607. The minimum atomic E-state index is 0.607. The van der Waals surface area contributed by atoms with Crippen LogP contribution in [0, 0.1) is 0 Å². The first-order valence-corrected chi connectivity index (χ1v) is 4.49. The summed E-state index contributed by atoms with van der Waals surface area (Å²) in [6, 6.07) is 0. The fourth-order valence-electron chi connectivity index (χ4n) is 1.04. The van der Waals surface area contributed by atoms with E-state index in [2.05, 4.69) is 26.0 Å². The van der Waals surface area contributed by atoms with Crippen molar-refractivity contribution in [3.63, 3.8) is 0 Å². The number of pyridine rings is 1. The van der Waals surface area contributed by atoms with Gasteiger partial charge in [-0.15, -0.1) is 0 Å². The smallest absolute Gasteiger partial charge is 0.158 e. The van der Waals surface area contributed by atoms with Crippen LogP contribution in [-0.2, 0) is 7.05 Å². The van der Waals surface area contributed by atoms with Crippen LogP contribution in [0.15, 0.2) is 16.9 Å². The van der Waals surface area contributed by atoms with Gasteiger partial charge in [0.15, 0.2) is 5.65 Å². The maximum absolute atomic E-state index is 5.85. The van der Waals surface area contributed by atoms with Gasteiger partial charge in [0.25, 0.3) is 0 Å². The molecule has 0 aliphatic rings. The van der Waals surface area contributed by atoms with Crippen LogP contribution in [0.25, 0.3) is 11.0 Å². The zero-order chi connectivity index (χ0) is 8.72. The molecule has 0 saturated heterocycles. The maximum atomic E-state index is 5.85. The number of fused-ring (bicyclic) bond motifs is 1. The first-order chi connectivity index (χ1) is 5.70. The molecule has 2 aromatic rings. The Morgan fingerprint density at radius 1 is 1.50 bits per heavy atom. The molecule has 3 nitrogen and oxygen atoms in total. The van der Waals surface area contributed by atoms with Gasteiger partial charge in [-0.25, -0.2) is 4.98 Å². The molecule has 0 aliphatic carbocycles. The predicted octanol–water partition coefficient (Wildman–Crippen LogP) is 2.38. The van der Waals surface area contributed by atoms with Gasteiger partial charge in [-0.3, -0.25) is 4.68 Å². The highest BCUT2D eigenvalue weighted by Crippen LogP contribution is 2.28. The third-order valence-electron chi connectivity index (χ3n) is 1.65. The predicted molar refractivity (Wildman–Crippen MR) is 51.2 cm³/mol. The Morgan fingerprint density at radius 3 is 3.00 bits per heavy atom. The molecular weight excluding hydrogens is 241 g/mol. The third-order valence-corrected chi connectivity index (χ3v) is 3.02. The lowest BCUT2D eigenvalue weighted by molar-refractivity contribution is 0.786. The van der Waals surface area contributed by atoms with Crippen LogP contribution < -0.4 is 0 Å². The Kier molecular flexibility index (Phi) is 1.81. The van der Waals surface area contributed by atoms with Gasteiger partial charge in [0.05, 0.1) is 21.1 Å². The Labute approximate surface area is 82.5 Å². The molecule has 0 aliphatic heterocycles. The lowest BCUT2D eigenvalue weighted by atomic mass is 10.4. The SMILES string of the molecule is Cn1ncc2c(Br)c(Cl)cnc21. The second kappa shape index (κ2) is 2.71. The van der Waals surface area contributed by atoms with Crippen LogP contribution >= 0.6 is 27.5 Å². The monoisotopic (exact) mass is 245 g/mol. The molecule has 0 fully saturated rings. The standard InChI is InChI=1S/C7H5BrClN3/c1-12-7-4(2-11-12)6(8)5(9)3-10-7/h2-3H,1H3. The maximum Gasteiger partial charge on any atom is 0.158 e. The Morgan fingerprint density at radius 2 is 2.25 bits per heavy atom. The second-order valence-electron chi connectivity index (χ2n) is 2.43. The summed E-state index contributed by atoms with van der Waals surface area (Å²) in [4.78, 5) is 4.14. The van der Waals surface area contributed by atoms with Crippen LogP contribution in [0.1, 0.15) is 0 Å². The molecule has 0 aromatic carbocycles. The first-order valence-electron chi connectivity index (χ1n) is 3.32. The van der Waals surface area contributed by atoms with Gasteiger partial charge in [0.2, 0.25) is 0 Å². The highest BCUT2D eigenvalue weighted by molar-refractivity contribution is 9.10. The zero-order valence-electron chi connectivity index (χ0n) is 6.25. The third kappa shape index (κ3) is 1.03. The molecule has 2 rings (SSSR count). The molecule has 0 atom stereocenters. The Bertz CT molecular complexity index is 437. The van der Waals surface area contributed by atoms with Gasteiger partial charge in [0, 0.05) is 13.2 Å². The van der Waals surface area contributed by atoms with Crippen molar-refractivity contribution in [2.45, 2.75) is 0 Å². The van der Waals surface area contributed by atoms with Gasteiger partial charge in [-0.05, 0) is 15.9 Å². The van der Waals surface area contributed by atoms with Crippen LogP contribution in [0.5, 0.6) is 0 Å². The van der Waals surface area contributed by atoms with Crippen LogP contribution in [0.2, 0.25) is 5.02 Å². The number of nitrogens with zero attached hydrogens (tertiary/aromatic N) is 3. The van der Waals surface area contributed by atoms with Gasteiger partial charge in [-0.1, -0.05) is 11.6 Å². The Hall–Kier alpha value is -0.610. The minimum Gasteiger partial charge on any atom is -0.250 e. The summed E-state index contributed by atoms with van der Waals surface area (Å²) in [5.41, 5.74) is 0.825. The van der Waals surface area contributed by atoms with E-state index in [9.17, 15) is 0 Å². The van der Waals surface area contributed by atoms with Crippen molar-refractivity contribution < 1.29 is 0 Å². The van der Waals surface area contributed by atoms with Crippen molar-refractivity contribution in [3.05, 3.63) is 21.9 Å². The molecule has 2 heterocycles. The average molecular weight is 246 g/mol. The highest BCUT2D eigenvalue weighted by Gasteiger charge is 2.07. The average Bonchev–Trinajstić information content (AvgIpc) is 2.41. The fraction of sp³-hybridized carbons (Fsp3) is 0.143. The van der Waals surface area contributed by atoms with Crippen molar-refractivity contribution in [2.75, 3.05) is 0 Å². The van der Waals surface area contributed by atoms with Crippen molar-refractivity contribution in [3.8, 4) is 0 Å². The van der Waals surface area contributed by atoms with Gasteiger partial charge < -0.3 is 0 Å². The normalized spacial score (nSPS) is 10.9. The molecule has 2 aromatic heterocycles. The van der Waals surface area contributed by atoms with E-state index in [0.29, 0.717) is 5.02 Å². The lowest BCUT2D eigenvalue weighted by Gasteiger charge is -1.96. The second-order valence-corrected chi connectivity index (χ2v) is 3.63. The topological polar surface area (TPSA) is 30.7 Å². The number of hydrogen-bond donors (Lipinski definition) is 0. The van der Waals surface area contributed by atoms with Crippen LogP contribution in [0.4, 0.5) is 0 Å². The molecule has 5 heteroatoms. The zero-order valence-corrected chi connectivity index (χ0v) is 8.59. The number of halogens is 2. The molecule has 12 heavy (non-hydrogen) atoms. The molecule has 0 N–H and O–H groups in total. The fourth-order valence-corrected chi connectivity index (χ4v) is 1.57. The van der Waals surface area contributed by atoms with Gasteiger partial charge in [0.1, 0.15) is 0 Å². The summed E-state index contributed by atoms with van der Waals surface area (Å²) in [6.07, 6.45) is 3.34. The molecule has 0 bridgehead atoms. The summed E-state index contributed by atoms with van der Waals surface area (Å²) in [7, 11) is 1.84.